The maximum atomic E-state index is 13.0. The molecule has 27 heavy (non-hydrogen) atoms. The zero-order chi connectivity index (χ0) is 19.4. The van der Waals surface area contributed by atoms with Crippen molar-refractivity contribution in [1.29, 1.82) is 0 Å². The number of likely N-dealkylation sites (tertiary alicyclic amines) is 1. The molecule has 1 amide bonds. The molecule has 2 aromatic rings. The van der Waals surface area contributed by atoms with E-state index in [1.54, 1.807) is 25.2 Å². The molecule has 0 bridgehead atoms. The van der Waals surface area contributed by atoms with Gasteiger partial charge in [0.15, 0.2) is 0 Å². The van der Waals surface area contributed by atoms with Gasteiger partial charge in [0.25, 0.3) is 5.91 Å². The minimum Gasteiger partial charge on any atom is -0.497 e. The van der Waals surface area contributed by atoms with E-state index in [2.05, 4.69) is 4.74 Å². The summed E-state index contributed by atoms with van der Waals surface area (Å²) in [4.78, 5) is 14.7. The van der Waals surface area contributed by atoms with Gasteiger partial charge in [-0.25, -0.2) is 0 Å². The number of alkyl halides is 2. The van der Waals surface area contributed by atoms with Crippen molar-refractivity contribution in [2.75, 3.05) is 20.8 Å². The molecule has 1 heterocycles. The van der Waals surface area contributed by atoms with Crippen LogP contribution >= 0.6 is 0 Å². The molecule has 2 aromatic carbocycles. The first-order valence-electron chi connectivity index (χ1n) is 8.61. The van der Waals surface area contributed by atoms with Crippen LogP contribution < -0.4 is 14.2 Å². The van der Waals surface area contributed by atoms with E-state index in [1.807, 2.05) is 12.1 Å². The molecule has 7 heteroatoms. The molecule has 5 nitrogen and oxygen atoms in total. The fourth-order valence-corrected chi connectivity index (χ4v) is 3.37. The highest BCUT2D eigenvalue weighted by atomic mass is 19.3. The normalized spacial score (nSPS) is 16.5. The van der Waals surface area contributed by atoms with Crippen LogP contribution in [0.1, 0.15) is 34.8 Å². The summed E-state index contributed by atoms with van der Waals surface area (Å²) in [5, 5.41) is 0. The maximum Gasteiger partial charge on any atom is 0.387 e. The molecule has 0 aliphatic carbocycles. The van der Waals surface area contributed by atoms with E-state index < -0.39 is 6.61 Å². The molecule has 0 unspecified atom stereocenters. The number of methoxy groups -OCH3 is 2. The monoisotopic (exact) mass is 377 g/mol. The summed E-state index contributed by atoms with van der Waals surface area (Å²) >= 11 is 0. The van der Waals surface area contributed by atoms with Gasteiger partial charge in [0.05, 0.1) is 20.3 Å². The number of benzene rings is 2. The van der Waals surface area contributed by atoms with Crippen LogP contribution in [0.5, 0.6) is 17.2 Å². The predicted molar refractivity (Wildman–Crippen MR) is 95.6 cm³/mol. The first kappa shape index (κ1) is 18.9. The number of amides is 1. The molecule has 1 atom stereocenters. The van der Waals surface area contributed by atoms with Gasteiger partial charge in [0.2, 0.25) is 0 Å². The van der Waals surface area contributed by atoms with Crippen LogP contribution in [0.4, 0.5) is 8.78 Å². The number of carbonyl (C=O) groups excluding carboxylic acids is 1. The lowest BCUT2D eigenvalue weighted by molar-refractivity contribution is -0.0498. The van der Waals surface area contributed by atoms with E-state index in [4.69, 9.17) is 9.47 Å². The third kappa shape index (κ3) is 4.13. The Kier molecular flexibility index (Phi) is 5.78. The van der Waals surface area contributed by atoms with Crippen LogP contribution in [0.3, 0.4) is 0 Å². The number of rotatable bonds is 6. The zero-order valence-electron chi connectivity index (χ0n) is 15.2. The Morgan fingerprint density at radius 3 is 2.41 bits per heavy atom. The summed E-state index contributed by atoms with van der Waals surface area (Å²) in [5.74, 6) is 1.22. The summed E-state index contributed by atoms with van der Waals surface area (Å²) in [6, 6.07) is 11.2. The summed E-state index contributed by atoms with van der Waals surface area (Å²) in [7, 11) is 3.17. The molecule has 3 rings (SSSR count). The van der Waals surface area contributed by atoms with Gasteiger partial charge >= 0.3 is 6.61 Å². The van der Waals surface area contributed by atoms with Crippen LogP contribution in [0.2, 0.25) is 0 Å². The highest BCUT2D eigenvalue weighted by molar-refractivity contribution is 5.94. The van der Waals surface area contributed by atoms with E-state index in [0.29, 0.717) is 23.6 Å². The minimum absolute atomic E-state index is 0.0244. The molecule has 1 fully saturated rings. The Bertz CT molecular complexity index is 795. The second-order valence-corrected chi connectivity index (χ2v) is 6.17. The number of ether oxygens (including phenoxy) is 3. The largest absolute Gasteiger partial charge is 0.497 e. The molecule has 0 radical (unpaired) electrons. The van der Waals surface area contributed by atoms with E-state index >= 15 is 0 Å². The first-order chi connectivity index (χ1) is 13.0. The average Bonchev–Trinajstić information content (AvgIpc) is 3.16. The van der Waals surface area contributed by atoms with Crippen molar-refractivity contribution in [2.45, 2.75) is 25.5 Å². The summed E-state index contributed by atoms with van der Waals surface area (Å²) in [6.45, 7) is -2.27. The Morgan fingerprint density at radius 2 is 1.78 bits per heavy atom. The molecule has 0 N–H and O–H groups in total. The van der Waals surface area contributed by atoms with Crippen LogP contribution in [0.15, 0.2) is 42.5 Å². The van der Waals surface area contributed by atoms with Gasteiger partial charge in [0, 0.05) is 23.7 Å². The van der Waals surface area contributed by atoms with Gasteiger partial charge in [-0.15, -0.1) is 0 Å². The Hall–Kier alpha value is -2.83. The maximum absolute atomic E-state index is 13.0. The van der Waals surface area contributed by atoms with E-state index in [0.717, 1.165) is 18.4 Å². The Labute approximate surface area is 156 Å². The van der Waals surface area contributed by atoms with Gasteiger partial charge in [-0.3, -0.25) is 4.79 Å². The van der Waals surface area contributed by atoms with Crippen molar-refractivity contribution in [3.63, 3.8) is 0 Å². The van der Waals surface area contributed by atoms with Crippen molar-refractivity contribution in [3.8, 4) is 17.2 Å². The number of halogens is 2. The highest BCUT2D eigenvalue weighted by Crippen LogP contribution is 2.39. The number of hydrogen-bond donors (Lipinski definition) is 0. The number of nitrogens with zero attached hydrogens (tertiary/aromatic N) is 1. The highest BCUT2D eigenvalue weighted by Gasteiger charge is 2.32. The SMILES string of the molecule is COc1ccc([C@@H]2CCCN2C(=O)c2ccc(OC(F)F)cc2)c(OC)c1. The molecule has 0 saturated carbocycles. The van der Waals surface area contributed by atoms with Crippen molar-refractivity contribution in [1.82, 2.24) is 4.90 Å². The molecule has 0 spiro atoms. The van der Waals surface area contributed by atoms with Crippen molar-refractivity contribution >= 4 is 5.91 Å². The van der Waals surface area contributed by atoms with E-state index in [9.17, 15) is 13.6 Å². The third-order valence-corrected chi connectivity index (χ3v) is 4.64. The smallest absolute Gasteiger partial charge is 0.387 e. The lowest BCUT2D eigenvalue weighted by Gasteiger charge is -2.26. The second-order valence-electron chi connectivity index (χ2n) is 6.17. The standard InChI is InChI=1S/C20H21F2NO4/c1-25-15-9-10-16(18(12-15)26-2)17-4-3-11-23(17)19(24)13-5-7-14(8-6-13)27-20(21)22/h5-10,12,17,20H,3-4,11H2,1-2H3/t17-/m0/s1. The third-order valence-electron chi connectivity index (χ3n) is 4.64. The van der Waals surface area contributed by atoms with Gasteiger partial charge < -0.3 is 19.1 Å². The molecule has 1 saturated heterocycles. The lowest BCUT2D eigenvalue weighted by atomic mass is 10.0. The van der Waals surface area contributed by atoms with Gasteiger partial charge in [-0.1, -0.05) is 0 Å². The zero-order valence-corrected chi connectivity index (χ0v) is 15.2. The Morgan fingerprint density at radius 1 is 1.07 bits per heavy atom. The van der Waals surface area contributed by atoms with Crippen LogP contribution in [0, 0.1) is 0 Å². The predicted octanol–water partition coefficient (Wildman–Crippen LogP) is 4.28. The average molecular weight is 377 g/mol. The molecule has 0 aromatic heterocycles. The van der Waals surface area contributed by atoms with Gasteiger partial charge in [-0.2, -0.15) is 8.78 Å². The topological polar surface area (TPSA) is 48.0 Å². The van der Waals surface area contributed by atoms with E-state index in [1.165, 1.54) is 24.3 Å². The second kappa shape index (κ2) is 8.24. The molecule has 1 aliphatic heterocycles. The molecule has 144 valence electrons. The van der Waals surface area contributed by atoms with Crippen molar-refractivity contribution in [2.24, 2.45) is 0 Å². The lowest BCUT2D eigenvalue weighted by Crippen LogP contribution is -2.30. The van der Waals surface area contributed by atoms with Crippen LogP contribution in [0.25, 0.3) is 0 Å². The van der Waals surface area contributed by atoms with Crippen molar-refractivity contribution < 1.29 is 27.8 Å². The summed E-state index contributed by atoms with van der Waals surface area (Å²) in [6.07, 6.45) is 1.69. The Balaban J connectivity index is 1.83. The van der Waals surface area contributed by atoms with Gasteiger partial charge in [-0.05, 0) is 49.2 Å². The van der Waals surface area contributed by atoms with Crippen LogP contribution in [-0.2, 0) is 0 Å². The summed E-state index contributed by atoms with van der Waals surface area (Å²) in [5.41, 5.74) is 1.35. The number of hydrogen-bond acceptors (Lipinski definition) is 4. The molecular formula is C20H21F2NO4. The quantitative estimate of drug-likeness (QED) is 0.754. The number of carbonyl (C=O) groups is 1. The van der Waals surface area contributed by atoms with Crippen molar-refractivity contribution in [3.05, 3.63) is 53.6 Å². The molecular weight excluding hydrogens is 356 g/mol. The van der Waals surface area contributed by atoms with Gasteiger partial charge in [0.1, 0.15) is 17.2 Å². The molecule has 1 aliphatic rings. The van der Waals surface area contributed by atoms with E-state index in [-0.39, 0.29) is 17.7 Å². The fraction of sp³-hybridized carbons (Fsp3) is 0.350. The first-order valence-corrected chi connectivity index (χ1v) is 8.61. The summed E-state index contributed by atoms with van der Waals surface area (Å²) < 4.78 is 39.6. The minimum atomic E-state index is -2.89. The van der Waals surface area contributed by atoms with Crippen LogP contribution in [-0.4, -0.2) is 38.2 Å². The fourth-order valence-electron chi connectivity index (χ4n) is 3.37.